The van der Waals surface area contributed by atoms with E-state index in [2.05, 4.69) is 5.10 Å². The van der Waals surface area contributed by atoms with Gasteiger partial charge in [0.1, 0.15) is 11.4 Å². The molecule has 118 valence electrons. The van der Waals surface area contributed by atoms with Gasteiger partial charge in [0.25, 0.3) is 0 Å². The molecule has 0 spiro atoms. The summed E-state index contributed by atoms with van der Waals surface area (Å²) in [6, 6.07) is 5.13. The third-order valence-electron chi connectivity index (χ3n) is 2.87. The van der Waals surface area contributed by atoms with Crippen molar-refractivity contribution < 1.29 is 9.53 Å². The Morgan fingerprint density at radius 2 is 1.91 bits per heavy atom. The van der Waals surface area contributed by atoms with Crippen LogP contribution < -0.4 is 5.73 Å². The van der Waals surface area contributed by atoms with Crippen LogP contribution in [0.4, 0.5) is 10.6 Å². The molecule has 0 saturated heterocycles. The van der Waals surface area contributed by atoms with E-state index in [4.69, 9.17) is 33.7 Å². The van der Waals surface area contributed by atoms with Gasteiger partial charge in [0.15, 0.2) is 0 Å². The number of carbonyl (C=O) groups excluding carboxylic acids is 1. The molecule has 0 aliphatic carbocycles. The molecule has 22 heavy (non-hydrogen) atoms. The van der Waals surface area contributed by atoms with E-state index in [0.29, 0.717) is 21.3 Å². The molecule has 1 aromatic carbocycles. The van der Waals surface area contributed by atoms with Crippen molar-refractivity contribution in [3.8, 4) is 11.1 Å². The van der Waals surface area contributed by atoms with Crippen LogP contribution in [0.5, 0.6) is 0 Å². The third kappa shape index (κ3) is 3.36. The monoisotopic (exact) mass is 341 g/mol. The Morgan fingerprint density at radius 1 is 1.27 bits per heavy atom. The zero-order valence-electron chi connectivity index (χ0n) is 12.8. The number of ether oxygens (including phenoxy) is 1. The zero-order chi connectivity index (χ0) is 16.7. The highest BCUT2D eigenvalue weighted by atomic mass is 35.5. The Morgan fingerprint density at radius 3 is 2.45 bits per heavy atom. The van der Waals surface area contributed by atoms with Crippen LogP contribution in [0.3, 0.4) is 0 Å². The fraction of sp³-hybridized carbons (Fsp3) is 0.333. The van der Waals surface area contributed by atoms with E-state index in [1.165, 1.54) is 0 Å². The van der Waals surface area contributed by atoms with Crippen LogP contribution in [0.2, 0.25) is 10.0 Å². The number of aryl methyl sites for hydroxylation is 1. The molecule has 0 unspecified atom stereocenters. The lowest BCUT2D eigenvalue weighted by atomic mass is 10.1. The maximum Gasteiger partial charge on any atom is 0.437 e. The third-order valence-corrected chi connectivity index (χ3v) is 3.61. The second-order valence-electron chi connectivity index (χ2n) is 5.87. The largest absolute Gasteiger partial charge is 0.442 e. The van der Waals surface area contributed by atoms with Gasteiger partial charge in [-0.15, -0.1) is 4.68 Å². The van der Waals surface area contributed by atoms with E-state index in [1.807, 2.05) is 0 Å². The standard InChI is InChI=1S/C15H17Cl2N3O2/c1-8-12(9-5-6-10(16)11(17)7-9)13(18)20(19-8)14(21)22-15(2,3)4/h5-7H,18H2,1-4H3. The Kier molecular flexibility index (Phi) is 4.40. The minimum absolute atomic E-state index is 0.199. The fourth-order valence-corrected chi connectivity index (χ4v) is 2.30. The summed E-state index contributed by atoms with van der Waals surface area (Å²) in [5.74, 6) is 0.199. The van der Waals surface area contributed by atoms with Crippen molar-refractivity contribution in [3.63, 3.8) is 0 Å². The predicted molar refractivity (Wildman–Crippen MR) is 88.5 cm³/mol. The van der Waals surface area contributed by atoms with Gasteiger partial charge in [-0.1, -0.05) is 29.3 Å². The summed E-state index contributed by atoms with van der Waals surface area (Å²) < 4.78 is 6.34. The highest BCUT2D eigenvalue weighted by molar-refractivity contribution is 6.42. The lowest BCUT2D eigenvalue weighted by molar-refractivity contribution is 0.0518. The second-order valence-corrected chi connectivity index (χ2v) is 6.68. The van der Waals surface area contributed by atoms with Gasteiger partial charge >= 0.3 is 6.09 Å². The SMILES string of the molecule is Cc1nn(C(=O)OC(C)(C)C)c(N)c1-c1ccc(Cl)c(Cl)c1. The fourth-order valence-electron chi connectivity index (χ4n) is 2.00. The quantitative estimate of drug-likeness (QED) is 0.826. The van der Waals surface area contributed by atoms with Gasteiger partial charge < -0.3 is 10.5 Å². The smallest absolute Gasteiger partial charge is 0.437 e. The van der Waals surface area contributed by atoms with E-state index in [1.54, 1.807) is 45.9 Å². The summed E-state index contributed by atoms with van der Waals surface area (Å²) in [4.78, 5) is 12.2. The van der Waals surface area contributed by atoms with Gasteiger partial charge in [-0.2, -0.15) is 5.10 Å². The number of nitrogens with two attached hydrogens (primary N) is 1. The molecule has 2 rings (SSSR count). The van der Waals surface area contributed by atoms with Crippen molar-refractivity contribution in [1.82, 2.24) is 9.78 Å². The number of carbonyl (C=O) groups is 1. The summed E-state index contributed by atoms with van der Waals surface area (Å²) in [7, 11) is 0. The van der Waals surface area contributed by atoms with Gasteiger partial charge in [-0.3, -0.25) is 0 Å². The van der Waals surface area contributed by atoms with Gasteiger partial charge in [0.2, 0.25) is 0 Å². The number of anilines is 1. The maximum atomic E-state index is 12.2. The van der Waals surface area contributed by atoms with Crippen molar-refractivity contribution in [2.75, 3.05) is 5.73 Å². The molecule has 0 bridgehead atoms. The van der Waals surface area contributed by atoms with Gasteiger partial charge in [-0.05, 0) is 45.4 Å². The van der Waals surface area contributed by atoms with Crippen molar-refractivity contribution in [2.45, 2.75) is 33.3 Å². The average molecular weight is 342 g/mol. The number of hydrogen-bond donors (Lipinski definition) is 1. The van der Waals surface area contributed by atoms with E-state index in [9.17, 15) is 4.79 Å². The molecular weight excluding hydrogens is 325 g/mol. The molecule has 0 amide bonds. The molecule has 0 radical (unpaired) electrons. The molecule has 0 saturated carbocycles. The molecule has 1 aromatic heterocycles. The van der Waals surface area contributed by atoms with Gasteiger partial charge in [0.05, 0.1) is 15.7 Å². The summed E-state index contributed by atoms with van der Waals surface area (Å²) >= 11 is 12.0. The average Bonchev–Trinajstić information content (AvgIpc) is 2.67. The molecule has 0 aliphatic heterocycles. The number of nitrogens with zero attached hydrogens (tertiary/aromatic N) is 2. The normalized spacial score (nSPS) is 11.5. The minimum Gasteiger partial charge on any atom is -0.442 e. The first kappa shape index (κ1) is 16.6. The van der Waals surface area contributed by atoms with Crippen LogP contribution in [-0.2, 0) is 4.74 Å². The molecule has 5 nitrogen and oxygen atoms in total. The maximum absolute atomic E-state index is 12.2. The molecule has 2 N–H and O–H groups in total. The molecular formula is C15H17Cl2N3O2. The number of aromatic nitrogens is 2. The number of nitrogen functional groups attached to an aromatic ring is 1. The van der Waals surface area contributed by atoms with Gasteiger partial charge in [0, 0.05) is 5.56 Å². The first-order valence-corrected chi connectivity index (χ1v) is 7.39. The summed E-state index contributed by atoms with van der Waals surface area (Å²) in [6.45, 7) is 7.08. The summed E-state index contributed by atoms with van der Waals surface area (Å²) in [5.41, 5.74) is 7.40. The van der Waals surface area contributed by atoms with Crippen LogP contribution in [0, 0.1) is 6.92 Å². The minimum atomic E-state index is -0.632. The predicted octanol–water partition coefficient (Wildman–Crippen LogP) is 4.53. The van der Waals surface area contributed by atoms with E-state index < -0.39 is 11.7 Å². The van der Waals surface area contributed by atoms with Crippen LogP contribution in [0.15, 0.2) is 18.2 Å². The molecule has 0 atom stereocenters. The number of rotatable bonds is 1. The summed E-state index contributed by atoms with van der Waals surface area (Å²) in [5, 5.41) is 5.01. The highest BCUT2D eigenvalue weighted by Gasteiger charge is 2.24. The highest BCUT2D eigenvalue weighted by Crippen LogP contribution is 2.33. The molecule has 1 heterocycles. The van der Waals surface area contributed by atoms with E-state index >= 15 is 0 Å². The van der Waals surface area contributed by atoms with Crippen LogP contribution in [0.1, 0.15) is 26.5 Å². The Labute approximate surface area is 139 Å². The topological polar surface area (TPSA) is 70.1 Å². The first-order valence-electron chi connectivity index (χ1n) is 6.64. The van der Waals surface area contributed by atoms with Crippen LogP contribution in [-0.4, -0.2) is 21.5 Å². The van der Waals surface area contributed by atoms with Crippen molar-refractivity contribution in [1.29, 1.82) is 0 Å². The first-order chi connectivity index (χ1) is 10.1. The summed E-state index contributed by atoms with van der Waals surface area (Å²) in [6.07, 6.45) is -0.626. The molecule has 7 heteroatoms. The number of benzene rings is 1. The van der Waals surface area contributed by atoms with E-state index in [-0.39, 0.29) is 5.82 Å². The Hall–Kier alpha value is -1.72. The van der Waals surface area contributed by atoms with Crippen molar-refractivity contribution in [2.24, 2.45) is 0 Å². The second kappa shape index (κ2) is 5.82. The number of halogens is 2. The van der Waals surface area contributed by atoms with E-state index in [0.717, 1.165) is 10.2 Å². The molecule has 0 aliphatic rings. The number of hydrogen-bond acceptors (Lipinski definition) is 4. The lowest BCUT2D eigenvalue weighted by Crippen LogP contribution is -2.28. The zero-order valence-corrected chi connectivity index (χ0v) is 14.3. The van der Waals surface area contributed by atoms with Crippen molar-refractivity contribution in [3.05, 3.63) is 33.9 Å². The van der Waals surface area contributed by atoms with Crippen LogP contribution in [0.25, 0.3) is 11.1 Å². The Bertz CT molecular complexity index is 733. The molecule has 0 fully saturated rings. The lowest BCUT2D eigenvalue weighted by Gasteiger charge is -2.19. The van der Waals surface area contributed by atoms with Gasteiger partial charge in [-0.25, -0.2) is 4.79 Å². The Balaban J connectivity index is 2.47. The van der Waals surface area contributed by atoms with Crippen molar-refractivity contribution >= 4 is 35.1 Å². The van der Waals surface area contributed by atoms with Crippen LogP contribution >= 0.6 is 23.2 Å². The molecule has 2 aromatic rings.